The van der Waals surface area contributed by atoms with Crippen molar-refractivity contribution in [1.29, 1.82) is 0 Å². The van der Waals surface area contributed by atoms with Crippen molar-refractivity contribution in [1.82, 2.24) is 29.1 Å². The van der Waals surface area contributed by atoms with E-state index in [0.29, 0.717) is 17.6 Å². The van der Waals surface area contributed by atoms with Gasteiger partial charge in [0.15, 0.2) is 11.6 Å². The number of nitrogens with zero attached hydrogens (tertiary/aromatic N) is 6. The number of fused-ring (bicyclic) bond motifs is 10. The first-order valence-corrected chi connectivity index (χ1v) is 22.1. The normalized spacial score (nSPS) is 14.2. The van der Waals surface area contributed by atoms with E-state index in [0.717, 1.165) is 55.7 Å². The van der Waals surface area contributed by atoms with Crippen LogP contribution in [0.15, 0.2) is 182 Å². The van der Waals surface area contributed by atoms with Gasteiger partial charge in [-0.2, -0.15) is 9.97 Å². The number of imidazole rings is 1. The fourth-order valence-electron chi connectivity index (χ4n) is 10.8. The number of hydrogen-bond donors (Lipinski definition) is 0. The Bertz CT molecular complexity index is 3740. The Hall–Kier alpha value is -7.96. The minimum Gasteiger partial charge on any atom is -0.292 e. The highest BCUT2D eigenvalue weighted by atomic mass is 15.2. The smallest absolute Gasteiger partial charge is 0.238 e. The van der Waals surface area contributed by atoms with E-state index in [1.165, 1.54) is 49.9 Å². The SMILES string of the molecule is CC1(C)c2ccccc2-c2ccc(-c3nc(-c4cccc(-c5nc6ccccc6n5-c5ccccc5)c4)nc(-n4c5ccccc5c5cc6c(cc54)C(C)(C)c4ccccc4-6)n3)cc21. The van der Waals surface area contributed by atoms with Crippen molar-refractivity contribution in [3.05, 3.63) is 204 Å². The van der Waals surface area contributed by atoms with Crippen LogP contribution in [0, 0.1) is 0 Å². The highest BCUT2D eigenvalue weighted by Crippen LogP contribution is 2.52. The molecule has 0 saturated carbocycles. The molecule has 6 nitrogen and oxygen atoms in total. The van der Waals surface area contributed by atoms with Crippen molar-refractivity contribution in [2.24, 2.45) is 0 Å². The summed E-state index contributed by atoms with van der Waals surface area (Å²) >= 11 is 0. The molecule has 0 aliphatic heterocycles. The lowest BCUT2D eigenvalue weighted by molar-refractivity contribution is 0.660. The Morgan fingerprint density at radius 2 is 0.953 bits per heavy atom. The monoisotopic (exact) mass is 822 g/mol. The van der Waals surface area contributed by atoms with Gasteiger partial charge in [0.25, 0.3) is 0 Å². The summed E-state index contributed by atoms with van der Waals surface area (Å²) < 4.78 is 4.49. The molecule has 0 atom stereocenters. The van der Waals surface area contributed by atoms with E-state index >= 15 is 0 Å². The van der Waals surface area contributed by atoms with Crippen LogP contribution in [0.25, 0.3) is 101 Å². The predicted molar refractivity (Wildman–Crippen MR) is 260 cm³/mol. The van der Waals surface area contributed by atoms with E-state index in [1.54, 1.807) is 0 Å². The van der Waals surface area contributed by atoms with E-state index in [1.807, 2.05) is 12.1 Å². The number of hydrogen-bond acceptors (Lipinski definition) is 4. The second-order valence-electron chi connectivity index (χ2n) is 18.3. The molecule has 2 aliphatic rings. The highest BCUT2D eigenvalue weighted by molar-refractivity contribution is 6.11. The molecule has 0 N–H and O–H groups in total. The lowest BCUT2D eigenvalue weighted by atomic mass is 9.82. The molecule has 0 unspecified atom stereocenters. The first-order chi connectivity index (χ1) is 31.2. The predicted octanol–water partition coefficient (Wildman–Crippen LogP) is 13.9. The Morgan fingerprint density at radius 3 is 1.72 bits per heavy atom. The molecule has 11 aromatic rings. The summed E-state index contributed by atoms with van der Waals surface area (Å²) in [4.78, 5) is 21.5. The largest absolute Gasteiger partial charge is 0.292 e. The maximum absolute atomic E-state index is 5.45. The molecule has 8 aromatic carbocycles. The molecule has 0 saturated heterocycles. The molecule has 304 valence electrons. The van der Waals surface area contributed by atoms with E-state index in [2.05, 4.69) is 207 Å². The molecule has 3 heterocycles. The topological polar surface area (TPSA) is 61.4 Å². The van der Waals surface area contributed by atoms with Crippen molar-refractivity contribution in [2.45, 2.75) is 38.5 Å². The number of benzene rings is 8. The van der Waals surface area contributed by atoms with Crippen LogP contribution < -0.4 is 0 Å². The zero-order valence-electron chi connectivity index (χ0n) is 36.0. The second kappa shape index (κ2) is 13.3. The standard InChI is InChI=1S/C58H42N6/c1-57(2)45-24-11-8-21-39(45)41-30-29-36(32-47(41)57)54-60-53(35-17-16-18-37(31-35)55-59-49-26-13-15-28-51(49)63(55)38-19-6-5-7-20-38)61-56(62-54)64-50-27-14-10-23-42(50)44-33-43-40-22-9-12-25-46(40)58(3,4)48(43)34-52(44)64/h5-34H,1-4H3. The van der Waals surface area contributed by atoms with Crippen molar-refractivity contribution in [3.63, 3.8) is 0 Å². The average Bonchev–Trinajstić information content (AvgIpc) is 4.02. The van der Waals surface area contributed by atoms with Gasteiger partial charge in [0.1, 0.15) is 5.82 Å². The maximum atomic E-state index is 5.45. The van der Waals surface area contributed by atoms with Gasteiger partial charge in [-0.05, 0) is 99.1 Å². The van der Waals surface area contributed by atoms with E-state index in [9.17, 15) is 0 Å². The molecular weight excluding hydrogens is 781 g/mol. The molecule has 0 bridgehead atoms. The van der Waals surface area contributed by atoms with Gasteiger partial charge in [-0.15, -0.1) is 0 Å². The maximum Gasteiger partial charge on any atom is 0.238 e. The fraction of sp³-hybridized carbons (Fsp3) is 0.103. The Kier molecular flexibility index (Phi) is 7.61. The molecule has 2 aliphatic carbocycles. The van der Waals surface area contributed by atoms with Gasteiger partial charge >= 0.3 is 0 Å². The minimum absolute atomic E-state index is 0.178. The Morgan fingerprint density at radius 1 is 0.359 bits per heavy atom. The summed E-state index contributed by atoms with van der Waals surface area (Å²) in [5, 5.41) is 2.33. The Balaban J connectivity index is 1.05. The number of rotatable bonds is 5. The van der Waals surface area contributed by atoms with Crippen LogP contribution in [0.2, 0.25) is 0 Å². The van der Waals surface area contributed by atoms with Crippen LogP contribution >= 0.6 is 0 Å². The summed E-state index contributed by atoms with van der Waals surface area (Å²) in [6, 6.07) is 65.0. The third-order valence-corrected chi connectivity index (χ3v) is 14.0. The second-order valence-corrected chi connectivity index (χ2v) is 18.3. The van der Waals surface area contributed by atoms with Gasteiger partial charge in [-0.25, -0.2) is 9.97 Å². The van der Waals surface area contributed by atoms with E-state index in [-0.39, 0.29) is 10.8 Å². The number of aromatic nitrogens is 6. The molecule has 0 fully saturated rings. The molecule has 0 spiro atoms. The van der Waals surface area contributed by atoms with Gasteiger partial charge in [-0.1, -0.05) is 155 Å². The minimum atomic E-state index is -0.184. The van der Waals surface area contributed by atoms with Crippen LogP contribution in [0.4, 0.5) is 0 Å². The lowest BCUT2D eigenvalue weighted by Gasteiger charge is -2.22. The Labute approximate surface area is 371 Å². The summed E-state index contributed by atoms with van der Waals surface area (Å²) in [6.07, 6.45) is 0. The van der Waals surface area contributed by atoms with Gasteiger partial charge in [0.05, 0.1) is 22.1 Å². The van der Waals surface area contributed by atoms with Crippen molar-refractivity contribution in [3.8, 4) is 68.1 Å². The first-order valence-electron chi connectivity index (χ1n) is 22.1. The average molecular weight is 823 g/mol. The molecule has 3 aromatic heterocycles. The number of para-hydroxylation sites is 4. The van der Waals surface area contributed by atoms with Gasteiger partial charge in [0, 0.05) is 44.0 Å². The molecular formula is C58H42N6. The van der Waals surface area contributed by atoms with Crippen LogP contribution in [0.1, 0.15) is 49.9 Å². The molecule has 13 rings (SSSR count). The fourth-order valence-corrected chi connectivity index (χ4v) is 10.8. The molecule has 64 heavy (non-hydrogen) atoms. The summed E-state index contributed by atoms with van der Waals surface area (Å²) in [5.74, 6) is 2.64. The quantitative estimate of drug-likeness (QED) is 0.173. The zero-order valence-corrected chi connectivity index (χ0v) is 36.0. The van der Waals surface area contributed by atoms with Gasteiger partial charge in [0.2, 0.25) is 5.95 Å². The molecule has 0 amide bonds. The first kappa shape index (κ1) is 36.7. The van der Waals surface area contributed by atoms with Crippen LogP contribution in [0.3, 0.4) is 0 Å². The third-order valence-electron chi connectivity index (χ3n) is 14.0. The van der Waals surface area contributed by atoms with Crippen molar-refractivity contribution in [2.75, 3.05) is 0 Å². The van der Waals surface area contributed by atoms with Crippen molar-refractivity contribution < 1.29 is 0 Å². The highest BCUT2D eigenvalue weighted by Gasteiger charge is 2.37. The van der Waals surface area contributed by atoms with Crippen molar-refractivity contribution >= 4 is 32.8 Å². The third kappa shape index (κ3) is 5.20. The summed E-state index contributed by atoms with van der Waals surface area (Å²) in [5.41, 5.74) is 17.9. The summed E-state index contributed by atoms with van der Waals surface area (Å²) in [6.45, 7) is 9.30. The summed E-state index contributed by atoms with van der Waals surface area (Å²) in [7, 11) is 0. The lowest BCUT2D eigenvalue weighted by Crippen LogP contribution is -2.15. The van der Waals surface area contributed by atoms with Gasteiger partial charge in [-0.3, -0.25) is 9.13 Å². The van der Waals surface area contributed by atoms with Gasteiger partial charge < -0.3 is 0 Å². The van der Waals surface area contributed by atoms with Crippen LogP contribution in [-0.4, -0.2) is 29.1 Å². The molecule has 0 radical (unpaired) electrons. The van der Waals surface area contributed by atoms with Crippen LogP contribution in [0.5, 0.6) is 0 Å². The van der Waals surface area contributed by atoms with E-state index < -0.39 is 0 Å². The van der Waals surface area contributed by atoms with Crippen LogP contribution in [-0.2, 0) is 10.8 Å². The molecule has 6 heteroatoms. The zero-order chi connectivity index (χ0) is 42.9. The van der Waals surface area contributed by atoms with E-state index in [4.69, 9.17) is 19.9 Å².